The average Bonchev–Trinajstić information content (AvgIpc) is 2.32. The van der Waals surface area contributed by atoms with Gasteiger partial charge in [0.05, 0.1) is 6.54 Å². The van der Waals surface area contributed by atoms with Crippen molar-refractivity contribution in [2.45, 2.75) is 40.0 Å². The smallest absolute Gasteiger partial charge is 0.239 e. The van der Waals surface area contributed by atoms with E-state index >= 15 is 0 Å². The molecule has 0 saturated carbocycles. The summed E-state index contributed by atoms with van der Waals surface area (Å²) in [7, 11) is 1.57. The van der Waals surface area contributed by atoms with Crippen LogP contribution in [0, 0.1) is 5.41 Å². The molecular weight excluding hydrogens is 230 g/mol. The zero-order valence-electron chi connectivity index (χ0n) is 12.1. The molecule has 3 N–H and O–H groups in total. The first-order chi connectivity index (χ1) is 8.36. The number of carbonyl (C=O) groups is 2. The Balaban J connectivity index is 4.24. The SMILES string of the molecule is CCN(CC(=O)NC)C(=O)CCC(C)(C)CCN. The zero-order valence-corrected chi connectivity index (χ0v) is 12.1. The van der Waals surface area contributed by atoms with Crippen molar-refractivity contribution in [2.75, 3.05) is 26.7 Å². The quantitative estimate of drug-likeness (QED) is 0.673. The standard InChI is InChI=1S/C13H27N3O2/c1-5-16(10-11(17)15-4)12(18)6-7-13(2,3)8-9-14/h5-10,14H2,1-4H3,(H,15,17). The fraction of sp³-hybridized carbons (Fsp3) is 0.846. The first-order valence-electron chi connectivity index (χ1n) is 6.54. The van der Waals surface area contributed by atoms with E-state index in [4.69, 9.17) is 5.73 Å². The number of nitrogens with one attached hydrogen (secondary N) is 1. The van der Waals surface area contributed by atoms with Crippen LogP contribution in [0.4, 0.5) is 0 Å². The van der Waals surface area contributed by atoms with Crippen LogP contribution in [0.5, 0.6) is 0 Å². The van der Waals surface area contributed by atoms with Gasteiger partial charge in [-0.15, -0.1) is 0 Å². The Morgan fingerprint density at radius 3 is 2.33 bits per heavy atom. The maximum atomic E-state index is 12.0. The maximum Gasteiger partial charge on any atom is 0.239 e. The molecule has 0 aromatic carbocycles. The molecule has 0 heterocycles. The topological polar surface area (TPSA) is 75.4 Å². The van der Waals surface area contributed by atoms with Gasteiger partial charge in [-0.2, -0.15) is 0 Å². The van der Waals surface area contributed by atoms with E-state index in [1.165, 1.54) is 0 Å². The molecule has 0 unspecified atom stereocenters. The van der Waals surface area contributed by atoms with Gasteiger partial charge in [0, 0.05) is 20.0 Å². The van der Waals surface area contributed by atoms with Gasteiger partial charge in [-0.1, -0.05) is 13.8 Å². The van der Waals surface area contributed by atoms with Gasteiger partial charge in [-0.25, -0.2) is 0 Å². The van der Waals surface area contributed by atoms with Crippen LogP contribution in [0.25, 0.3) is 0 Å². The molecule has 0 radical (unpaired) electrons. The van der Waals surface area contributed by atoms with Crippen LogP contribution in [-0.2, 0) is 9.59 Å². The molecule has 0 fully saturated rings. The van der Waals surface area contributed by atoms with Crippen molar-refractivity contribution in [1.29, 1.82) is 0 Å². The van der Waals surface area contributed by atoms with Crippen molar-refractivity contribution in [3.63, 3.8) is 0 Å². The minimum Gasteiger partial charge on any atom is -0.358 e. The number of amides is 2. The van der Waals surface area contributed by atoms with E-state index in [2.05, 4.69) is 19.2 Å². The molecule has 0 spiro atoms. The van der Waals surface area contributed by atoms with E-state index in [-0.39, 0.29) is 23.8 Å². The van der Waals surface area contributed by atoms with E-state index in [9.17, 15) is 9.59 Å². The molecule has 0 atom stereocenters. The number of rotatable bonds is 8. The van der Waals surface area contributed by atoms with Crippen molar-refractivity contribution in [2.24, 2.45) is 11.1 Å². The summed E-state index contributed by atoms with van der Waals surface area (Å²) < 4.78 is 0. The molecule has 0 aromatic rings. The molecule has 5 nitrogen and oxygen atoms in total. The van der Waals surface area contributed by atoms with Crippen LogP contribution in [0.15, 0.2) is 0 Å². The van der Waals surface area contributed by atoms with E-state index in [1.807, 2.05) is 6.92 Å². The molecule has 0 aliphatic heterocycles. The van der Waals surface area contributed by atoms with E-state index < -0.39 is 0 Å². The highest BCUT2D eigenvalue weighted by Crippen LogP contribution is 2.26. The molecule has 0 aromatic heterocycles. The second-order valence-corrected chi connectivity index (χ2v) is 5.28. The molecule has 0 rings (SSSR count). The van der Waals surface area contributed by atoms with Crippen molar-refractivity contribution in [1.82, 2.24) is 10.2 Å². The molecule has 18 heavy (non-hydrogen) atoms. The normalized spacial score (nSPS) is 11.2. The minimum atomic E-state index is -0.133. The zero-order chi connectivity index (χ0) is 14.2. The average molecular weight is 257 g/mol. The van der Waals surface area contributed by atoms with Crippen LogP contribution in [0.2, 0.25) is 0 Å². The second-order valence-electron chi connectivity index (χ2n) is 5.28. The Morgan fingerprint density at radius 1 is 1.28 bits per heavy atom. The van der Waals surface area contributed by atoms with E-state index in [0.717, 1.165) is 12.8 Å². The lowest BCUT2D eigenvalue weighted by atomic mass is 9.84. The summed E-state index contributed by atoms with van der Waals surface area (Å²) in [5.74, 6) is -0.0994. The molecule has 0 aliphatic rings. The number of nitrogens with two attached hydrogens (primary N) is 1. The van der Waals surface area contributed by atoms with Gasteiger partial charge in [0.25, 0.3) is 0 Å². The summed E-state index contributed by atoms with van der Waals surface area (Å²) >= 11 is 0. The fourth-order valence-corrected chi connectivity index (χ4v) is 1.75. The number of hydrogen-bond donors (Lipinski definition) is 2. The monoisotopic (exact) mass is 257 g/mol. The summed E-state index contributed by atoms with van der Waals surface area (Å²) in [5.41, 5.74) is 5.62. The van der Waals surface area contributed by atoms with E-state index in [0.29, 0.717) is 19.5 Å². The summed E-state index contributed by atoms with van der Waals surface area (Å²) in [5, 5.41) is 2.53. The highest BCUT2D eigenvalue weighted by molar-refractivity contribution is 5.84. The number of nitrogens with zero attached hydrogens (tertiary/aromatic N) is 1. The lowest BCUT2D eigenvalue weighted by Crippen LogP contribution is -2.39. The lowest BCUT2D eigenvalue weighted by Gasteiger charge is -2.26. The Labute approximate surface area is 110 Å². The summed E-state index contributed by atoms with van der Waals surface area (Å²) in [6, 6.07) is 0. The number of likely N-dealkylation sites (N-methyl/N-ethyl adjacent to an activating group) is 2. The molecule has 0 aliphatic carbocycles. The fourth-order valence-electron chi connectivity index (χ4n) is 1.75. The third-order valence-corrected chi connectivity index (χ3v) is 3.18. The third kappa shape index (κ3) is 6.59. The first-order valence-corrected chi connectivity index (χ1v) is 6.54. The molecule has 0 bridgehead atoms. The van der Waals surface area contributed by atoms with Crippen molar-refractivity contribution < 1.29 is 9.59 Å². The van der Waals surface area contributed by atoms with Crippen LogP contribution < -0.4 is 11.1 Å². The van der Waals surface area contributed by atoms with Gasteiger partial charge < -0.3 is 16.0 Å². The highest BCUT2D eigenvalue weighted by Gasteiger charge is 2.21. The van der Waals surface area contributed by atoms with Crippen LogP contribution in [0.3, 0.4) is 0 Å². The predicted molar refractivity (Wildman–Crippen MR) is 73.0 cm³/mol. The predicted octanol–water partition coefficient (Wildman–Crippen LogP) is 0.736. The second kappa shape index (κ2) is 8.08. The molecule has 106 valence electrons. The highest BCUT2D eigenvalue weighted by atomic mass is 16.2. The number of hydrogen-bond acceptors (Lipinski definition) is 3. The molecule has 2 amide bonds. The minimum absolute atomic E-state index is 0.0335. The summed E-state index contributed by atoms with van der Waals surface area (Å²) in [6.07, 6.45) is 2.17. The van der Waals surface area contributed by atoms with Gasteiger partial charge in [0.2, 0.25) is 11.8 Å². The first kappa shape index (κ1) is 16.9. The third-order valence-electron chi connectivity index (χ3n) is 3.18. The Morgan fingerprint density at radius 2 is 1.89 bits per heavy atom. The summed E-state index contributed by atoms with van der Waals surface area (Å²) in [4.78, 5) is 24.8. The molecular formula is C13H27N3O2. The Bertz CT molecular complexity index is 277. The maximum absolute atomic E-state index is 12.0. The Hall–Kier alpha value is -1.10. The largest absolute Gasteiger partial charge is 0.358 e. The van der Waals surface area contributed by atoms with Crippen LogP contribution >= 0.6 is 0 Å². The summed E-state index contributed by atoms with van der Waals surface area (Å²) in [6.45, 7) is 7.44. The lowest BCUT2D eigenvalue weighted by molar-refractivity contribution is -0.136. The van der Waals surface area contributed by atoms with Gasteiger partial charge in [0.15, 0.2) is 0 Å². The number of carbonyl (C=O) groups excluding carboxylic acids is 2. The van der Waals surface area contributed by atoms with Crippen LogP contribution in [0.1, 0.15) is 40.0 Å². The van der Waals surface area contributed by atoms with Crippen molar-refractivity contribution >= 4 is 11.8 Å². The van der Waals surface area contributed by atoms with Gasteiger partial charge >= 0.3 is 0 Å². The van der Waals surface area contributed by atoms with Gasteiger partial charge in [0.1, 0.15) is 0 Å². The van der Waals surface area contributed by atoms with Crippen molar-refractivity contribution in [3.8, 4) is 0 Å². The molecule has 0 saturated heterocycles. The van der Waals surface area contributed by atoms with Gasteiger partial charge in [-0.3, -0.25) is 9.59 Å². The van der Waals surface area contributed by atoms with E-state index in [1.54, 1.807) is 11.9 Å². The molecule has 5 heteroatoms. The van der Waals surface area contributed by atoms with Gasteiger partial charge in [-0.05, 0) is 31.7 Å². The Kier molecular flexibility index (Phi) is 7.59. The van der Waals surface area contributed by atoms with Crippen molar-refractivity contribution in [3.05, 3.63) is 0 Å². The van der Waals surface area contributed by atoms with Crippen LogP contribution in [-0.4, -0.2) is 43.4 Å².